The first-order valence-corrected chi connectivity index (χ1v) is 8.71. The zero-order valence-electron chi connectivity index (χ0n) is 15.3. The van der Waals surface area contributed by atoms with E-state index in [1.807, 2.05) is 32.0 Å². The van der Waals surface area contributed by atoms with Crippen LogP contribution in [0, 0.1) is 13.8 Å². The van der Waals surface area contributed by atoms with Crippen molar-refractivity contribution in [2.24, 2.45) is 0 Å². The molecule has 0 fully saturated rings. The summed E-state index contributed by atoms with van der Waals surface area (Å²) >= 11 is 6.02. The second-order valence-corrected chi connectivity index (χ2v) is 6.32. The summed E-state index contributed by atoms with van der Waals surface area (Å²) in [6.45, 7) is 7.61. The summed E-state index contributed by atoms with van der Waals surface area (Å²) in [6, 6.07) is 10.3. The van der Waals surface area contributed by atoms with Gasteiger partial charge >= 0.3 is 5.97 Å². The number of ether oxygens (including phenoxy) is 2. The standard InChI is InChI=1S/C20H22ClNO4/c1-5-25-20(24)17-11-15(7-9-18(17)21)22-19(23)14(4)26-16-8-6-12(2)13(3)10-16/h6-11,14H,5H2,1-4H3,(H,22,23). The lowest BCUT2D eigenvalue weighted by molar-refractivity contribution is -0.122. The fourth-order valence-electron chi connectivity index (χ4n) is 2.26. The van der Waals surface area contributed by atoms with Crippen LogP contribution in [0.5, 0.6) is 5.75 Å². The molecule has 6 heteroatoms. The second-order valence-electron chi connectivity index (χ2n) is 5.91. The van der Waals surface area contributed by atoms with Crippen molar-refractivity contribution in [3.63, 3.8) is 0 Å². The molecule has 0 saturated carbocycles. The van der Waals surface area contributed by atoms with E-state index in [9.17, 15) is 9.59 Å². The highest BCUT2D eigenvalue weighted by Crippen LogP contribution is 2.22. The monoisotopic (exact) mass is 375 g/mol. The maximum Gasteiger partial charge on any atom is 0.339 e. The normalized spacial score (nSPS) is 11.6. The minimum atomic E-state index is -0.709. The van der Waals surface area contributed by atoms with E-state index in [0.29, 0.717) is 11.4 Å². The summed E-state index contributed by atoms with van der Waals surface area (Å²) in [7, 11) is 0. The van der Waals surface area contributed by atoms with Crippen LogP contribution in [-0.4, -0.2) is 24.6 Å². The van der Waals surface area contributed by atoms with Crippen LogP contribution in [0.2, 0.25) is 5.02 Å². The molecule has 0 aliphatic rings. The lowest BCUT2D eigenvalue weighted by Crippen LogP contribution is -2.30. The maximum atomic E-state index is 12.4. The average Bonchev–Trinajstić information content (AvgIpc) is 2.60. The van der Waals surface area contributed by atoms with E-state index in [4.69, 9.17) is 21.1 Å². The number of anilines is 1. The van der Waals surface area contributed by atoms with Crippen molar-refractivity contribution in [2.75, 3.05) is 11.9 Å². The molecule has 0 spiro atoms. The molecule has 0 aliphatic carbocycles. The molecule has 0 radical (unpaired) electrons. The summed E-state index contributed by atoms with van der Waals surface area (Å²) in [5, 5.41) is 2.99. The van der Waals surface area contributed by atoms with Crippen LogP contribution in [0.25, 0.3) is 0 Å². The molecule has 0 aromatic heterocycles. The van der Waals surface area contributed by atoms with Gasteiger partial charge in [0, 0.05) is 5.69 Å². The molecule has 0 heterocycles. The first kappa shape index (κ1) is 19.8. The van der Waals surface area contributed by atoms with Crippen molar-refractivity contribution in [3.05, 3.63) is 58.1 Å². The average molecular weight is 376 g/mol. The molecular weight excluding hydrogens is 354 g/mol. The predicted octanol–water partition coefficient (Wildman–Crippen LogP) is 4.54. The molecule has 1 atom stereocenters. The van der Waals surface area contributed by atoms with Crippen molar-refractivity contribution in [2.45, 2.75) is 33.8 Å². The Morgan fingerprint density at radius 2 is 1.85 bits per heavy atom. The molecule has 1 N–H and O–H groups in total. The number of esters is 1. The number of amides is 1. The van der Waals surface area contributed by atoms with Crippen LogP contribution in [0.3, 0.4) is 0 Å². The number of hydrogen-bond acceptors (Lipinski definition) is 4. The van der Waals surface area contributed by atoms with Crippen LogP contribution in [0.1, 0.15) is 35.3 Å². The van der Waals surface area contributed by atoms with Crippen LogP contribution in [0.4, 0.5) is 5.69 Å². The summed E-state index contributed by atoms with van der Waals surface area (Å²) in [4.78, 5) is 24.3. The van der Waals surface area contributed by atoms with E-state index in [-0.39, 0.29) is 23.1 Å². The van der Waals surface area contributed by atoms with Crippen LogP contribution >= 0.6 is 11.6 Å². The first-order valence-electron chi connectivity index (χ1n) is 8.33. The van der Waals surface area contributed by atoms with Gasteiger partial charge < -0.3 is 14.8 Å². The zero-order chi connectivity index (χ0) is 19.3. The van der Waals surface area contributed by atoms with Crippen molar-refractivity contribution in [1.82, 2.24) is 0 Å². The molecule has 26 heavy (non-hydrogen) atoms. The molecular formula is C20H22ClNO4. The zero-order valence-corrected chi connectivity index (χ0v) is 16.0. The Hall–Kier alpha value is -2.53. The molecule has 0 bridgehead atoms. The van der Waals surface area contributed by atoms with Gasteiger partial charge in [0.25, 0.3) is 5.91 Å². The number of rotatable bonds is 6. The minimum Gasteiger partial charge on any atom is -0.481 e. The van der Waals surface area contributed by atoms with Gasteiger partial charge in [0.05, 0.1) is 17.2 Å². The Kier molecular flexibility index (Phi) is 6.64. The largest absolute Gasteiger partial charge is 0.481 e. The Morgan fingerprint density at radius 1 is 1.12 bits per heavy atom. The fourth-order valence-corrected chi connectivity index (χ4v) is 2.45. The smallest absolute Gasteiger partial charge is 0.339 e. The summed E-state index contributed by atoms with van der Waals surface area (Å²) < 4.78 is 10.6. The number of hydrogen-bond donors (Lipinski definition) is 1. The van der Waals surface area contributed by atoms with Gasteiger partial charge in [0.15, 0.2) is 6.10 Å². The fraction of sp³-hybridized carbons (Fsp3) is 0.300. The van der Waals surface area contributed by atoms with Gasteiger partial charge in [-0.15, -0.1) is 0 Å². The minimum absolute atomic E-state index is 0.203. The van der Waals surface area contributed by atoms with Crippen molar-refractivity contribution in [3.8, 4) is 5.75 Å². The summed E-state index contributed by atoms with van der Waals surface area (Å²) in [5.41, 5.74) is 2.89. The summed E-state index contributed by atoms with van der Waals surface area (Å²) in [6.07, 6.45) is -0.709. The Labute approximate surface area is 158 Å². The SMILES string of the molecule is CCOC(=O)c1cc(NC(=O)C(C)Oc2ccc(C)c(C)c2)ccc1Cl. The van der Waals surface area contributed by atoms with Crippen molar-refractivity contribution < 1.29 is 19.1 Å². The number of carbonyl (C=O) groups is 2. The van der Waals surface area contributed by atoms with E-state index in [2.05, 4.69) is 5.32 Å². The predicted molar refractivity (Wildman–Crippen MR) is 102 cm³/mol. The highest BCUT2D eigenvalue weighted by molar-refractivity contribution is 6.33. The molecule has 2 aromatic rings. The van der Waals surface area contributed by atoms with Gasteiger partial charge in [-0.1, -0.05) is 17.7 Å². The Morgan fingerprint density at radius 3 is 2.50 bits per heavy atom. The molecule has 1 unspecified atom stereocenters. The molecule has 138 valence electrons. The molecule has 0 aliphatic heterocycles. The Balaban J connectivity index is 2.07. The maximum absolute atomic E-state index is 12.4. The van der Waals surface area contributed by atoms with E-state index in [1.165, 1.54) is 12.1 Å². The van der Waals surface area contributed by atoms with Crippen LogP contribution in [-0.2, 0) is 9.53 Å². The van der Waals surface area contributed by atoms with Gasteiger partial charge in [-0.05, 0) is 69.2 Å². The first-order chi connectivity index (χ1) is 12.3. The van der Waals surface area contributed by atoms with Gasteiger partial charge in [-0.3, -0.25) is 4.79 Å². The van der Waals surface area contributed by atoms with Gasteiger partial charge in [-0.2, -0.15) is 0 Å². The van der Waals surface area contributed by atoms with Gasteiger partial charge in [0.1, 0.15) is 5.75 Å². The van der Waals surface area contributed by atoms with Gasteiger partial charge in [0.2, 0.25) is 0 Å². The molecule has 2 rings (SSSR count). The molecule has 0 saturated heterocycles. The highest BCUT2D eigenvalue weighted by Gasteiger charge is 2.17. The number of aryl methyl sites for hydroxylation is 2. The van der Waals surface area contributed by atoms with Crippen LogP contribution < -0.4 is 10.1 Å². The summed E-state index contributed by atoms with van der Waals surface area (Å²) in [5.74, 6) is -0.243. The third kappa shape index (κ3) is 4.99. The molecule has 5 nitrogen and oxygen atoms in total. The highest BCUT2D eigenvalue weighted by atomic mass is 35.5. The third-order valence-corrected chi connectivity index (χ3v) is 4.22. The number of benzene rings is 2. The molecule has 2 aromatic carbocycles. The lowest BCUT2D eigenvalue weighted by Gasteiger charge is -2.16. The quantitative estimate of drug-likeness (QED) is 0.753. The topological polar surface area (TPSA) is 64.6 Å². The van der Waals surface area contributed by atoms with Gasteiger partial charge in [-0.25, -0.2) is 4.79 Å². The van der Waals surface area contributed by atoms with Crippen LogP contribution in [0.15, 0.2) is 36.4 Å². The number of carbonyl (C=O) groups excluding carboxylic acids is 2. The number of halogens is 1. The van der Waals surface area contributed by atoms with Crippen molar-refractivity contribution in [1.29, 1.82) is 0 Å². The molecule has 1 amide bonds. The van der Waals surface area contributed by atoms with E-state index in [1.54, 1.807) is 19.9 Å². The van der Waals surface area contributed by atoms with E-state index < -0.39 is 12.1 Å². The van der Waals surface area contributed by atoms with E-state index >= 15 is 0 Å². The lowest BCUT2D eigenvalue weighted by atomic mass is 10.1. The third-order valence-electron chi connectivity index (χ3n) is 3.89. The second kappa shape index (κ2) is 8.72. The Bertz CT molecular complexity index is 819. The number of nitrogens with one attached hydrogen (secondary N) is 1. The van der Waals surface area contributed by atoms with Crippen molar-refractivity contribution >= 4 is 29.2 Å². The van der Waals surface area contributed by atoms with E-state index in [0.717, 1.165) is 11.1 Å².